The van der Waals surface area contributed by atoms with Gasteiger partial charge in [0.2, 0.25) is 0 Å². The van der Waals surface area contributed by atoms with Crippen molar-refractivity contribution in [2.45, 2.75) is 32.0 Å². The Bertz CT molecular complexity index is 301. The highest BCUT2D eigenvalue weighted by Crippen LogP contribution is 2.15. The van der Waals surface area contributed by atoms with E-state index >= 15 is 0 Å². The van der Waals surface area contributed by atoms with Gasteiger partial charge in [0.05, 0.1) is 6.61 Å². The van der Waals surface area contributed by atoms with Crippen LogP contribution in [0.25, 0.3) is 0 Å². The lowest BCUT2D eigenvalue weighted by atomic mass is 10.1. The number of phenols is 1. The van der Waals surface area contributed by atoms with E-state index in [0.717, 1.165) is 25.9 Å². The number of phenolic OH excluding ortho intramolecular Hbond substituents is 1. The maximum atomic E-state index is 9.13. The van der Waals surface area contributed by atoms with Crippen LogP contribution in [-0.4, -0.2) is 24.6 Å². The van der Waals surface area contributed by atoms with E-state index in [1.807, 2.05) is 12.1 Å². The molecule has 1 unspecified atom stereocenters. The first-order valence-corrected chi connectivity index (χ1v) is 5.86. The zero-order valence-electron chi connectivity index (χ0n) is 9.39. The summed E-state index contributed by atoms with van der Waals surface area (Å²) in [5, 5.41) is 9.13. The molecule has 16 heavy (non-hydrogen) atoms. The van der Waals surface area contributed by atoms with Gasteiger partial charge in [-0.15, -0.1) is 0 Å². The summed E-state index contributed by atoms with van der Waals surface area (Å²) in [4.78, 5) is 0. The molecule has 1 atom stereocenters. The Balaban J connectivity index is 1.69. The van der Waals surface area contributed by atoms with Crippen molar-refractivity contribution in [3.8, 4) is 5.75 Å². The Morgan fingerprint density at radius 3 is 2.75 bits per heavy atom. The molecule has 0 amide bonds. The van der Waals surface area contributed by atoms with Crippen molar-refractivity contribution in [1.82, 2.24) is 0 Å². The summed E-state index contributed by atoms with van der Waals surface area (Å²) in [5.74, 6) is 0.306. The monoisotopic (exact) mass is 222 g/mol. The van der Waals surface area contributed by atoms with E-state index in [-0.39, 0.29) is 6.29 Å². The SMILES string of the molecule is Oc1ccc(CCOC2CCCCO2)cc1. The molecule has 1 fully saturated rings. The summed E-state index contributed by atoms with van der Waals surface area (Å²) in [6, 6.07) is 7.24. The molecule has 1 heterocycles. The molecule has 0 spiro atoms. The summed E-state index contributed by atoms with van der Waals surface area (Å²) in [7, 11) is 0. The fourth-order valence-electron chi connectivity index (χ4n) is 1.81. The van der Waals surface area contributed by atoms with Gasteiger partial charge in [-0.2, -0.15) is 0 Å². The summed E-state index contributed by atoms with van der Waals surface area (Å²) in [6.07, 6.45) is 4.21. The van der Waals surface area contributed by atoms with Gasteiger partial charge < -0.3 is 14.6 Å². The summed E-state index contributed by atoms with van der Waals surface area (Å²) < 4.78 is 11.1. The molecule has 1 aromatic carbocycles. The van der Waals surface area contributed by atoms with E-state index in [4.69, 9.17) is 14.6 Å². The highest BCUT2D eigenvalue weighted by Gasteiger charge is 2.13. The molecule has 1 aliphatic heterocycles. The molecule has 3 heteroatoms. The van der Waals surface area contributed by atoms with Crippen molar-refractivity contribution >= 4 is 0 Å². The Kier molecular flexibility index (Phi) is 4.19. The quantitative estimate of drug-likeness (QED) is 0.850. The van der Waals surface area contributed by atoms with Crippen LogP contribution in [0.3, 0.4) is 0 Å². The van der Waals surface area contributed by atoms with E-state index in [0.29, 0.717) is 12.4 Å². The van der Waals surface area contributed by atoms with Gasteiger partial charge in [0.1, 0.15) is 5.75 Å². The number of rotatable bonds is 4. The summed E-state index contributed by atoms with van der Waals surface area (Å²) in [6.45, 7) is 1.50. The Morgan fingerprint density at radius 1 is 1.25 bits per heavy atom. The first-order chi connectivity index (χ1) is 7.84. The first kappa shape index (κ1) is 11.4. The van der Waals surface area contributed by atoms with Crippen LogP contribution in [0.2, 0.25) is 0 Å². The van der Waals surface area contributed by atoms with Crippen LogP contribution < -0.4 is 0 Å². The Labute approximate surface area is 96.0 Å². The second-order valence-electron chi connectivity index (χ2n) is 4.08. The molecule has 88 valence electrons. The third-order valence-electron chi connectivity index (χ3n) is 2.77. The van der Waals surface area contributed by atoms with Gasteiger partial charge >= 0.3 is 0 Å². The number of ether oxygens (including phenoxy) is 2. The summed E-state index contributed by atoms with van der Waals surface area (Å²) in [5.41, 5.74) is 1.17. The van der Waals surface area contributed by atoms with Crippen LogP contribution in [0.5, 0.6) is 5.75 Å². The first-order valence-electron chi connectivity index (χ1n) is 5.86. The molecule has 3 nitrogen and oxygen atoms in total. The number of hydrogen-bond donors (Lipinski definition) is 1. The zero-order chi connectivity index (χ0) is 11.2. The largest absolute Gasteiger partial charge is 0.508 e. The van der Waals surface area contributed by atoms with Crippen LogP contribution >= 0.6 is 0 Å². The van der Waals surface area contributed by atoms with Crippen LogP contribution in [0.15, 0.2) is 24.3 Å². The van der Waals surface area contributed by atoms with Crippen LogP contribution in [0, 0.1) is 0 Å². The third kappa shape index (κ3) is 3.51. The van der Waals surface area contributed by atoms with E-state index in [1.54, 1.807) is 12.1 Å². The molecule has 1 N–H and O–H groups in total. The minimum absolute atomic E-state index is 0.00846. The lowest BCUT2D eigenvalue weighted by Crippen LogP contribution is -2.23. The normalized spacial score (nSPS) is 20.9. The van der Waals surface area contributed by atoms with Crippen molar-refractivity contribution in [2.24, 2.45) is 0 Å². The second-order valence-corrected chi connectivity index (χ2v) is 4.08. The van der Waals surface area contributed by atoms with E-state index in [2.05, 4.69) is 0 Å². The van der Waals surface area contributed by atoms with Gasteiger partial charge in [-0.3, -0.25) is 0 Å². The van der Waals surface area contributed by atoms with Crippen LogP contribution in [-0.2, 0) is 15.9 Å². The number of hydrogen-bond acceptors (Lipinski definition) is 3. The van der Waals surface area contributed by atoms with Gasteiger partial charge in [0.15, 0.2) is 6.29 Å². The predicted molar refractivity (Wildman–Crippen MR) is 61.4 cm³/mol. The topological polar surface area (TPSA) is 38.7 Å². The highest BCUT2D eigenvalue weighted by molar-refractivity contribution is 5.25. The van der Waals surface area contributed by atoms with Crippen LogP contribution in [0.1, 0.15) is 24.8 Å². The van der Waals surface area contributed by atoms with Gasteiger partial charge in [-0.05, 0) is 43.4 Å². The molecule has 1 aliphatic rings. The molecule has 0 bridgehead atoms. The molecule has 1 aromatic rings. The average molecular weight is 222 g/mol. The maximum absolute atomic E-state index is 9.13. The molecular weight excluding hydrogens is 204 g/mol. The molecule has 2 rings (SSSR count). The van der Waals surface area contributed by atoms with E-state index in [1.165, 1.54) is 12.0 Å². The molecule has 0 aromatic heterocycles. The second kappa shape index (κ2) is 5.87. The summed E-state index contributed by atoms with van der Waals surface area (Å²) >= 11 is 0. The molecule has 0 aliphatic carbocycles. The fourth-order valence-corrected chi connectivity index (χ4v) is 1.81. The highest BCUT2D eigenvalue weighted by atomic mass is 16.7. The van der Waals surface area contributed by atoms with Crippen molar-refractivity contribution in [3.05, 3.63) is 29.8 Å². The lowest BCUT2D eigenvalue weighted by molar-refractivity contribution is -0.161. The standard InChI is InChI=1S/C13H18O3/c14-12-6-4-11(5-7-12)8-10-16-13-3-1-2-9-15-13/h4-7,13-14H,1-3,8-10H2. The Morgan fingerprint density at radius 2 is 2.06 bits per heavy atom. The predicted octanol–water partition coefficient (Wildman–Crippen LogP) is 2.48. The molecular formula is C13H18O3. The zero-order valence-corrected chi connectivity index (χ0v) is 9.39. The minimum atomic E-state index is -0.00846. The minimum Gasteiger partial charge on any atom is -0.508 e. The molecule has 0 saturated carbocycles. The van der Waals surface area contributed by atoms with Crippen LogP contribution in [0.4, 0.5) is 0 Å². The van der Waals surface area contributed by atoms with Gasteiger partial charge in [-0.1, -0.05) is 12.1 Å². The number of benzene rings is 1. The van der Waals surface area contributed by atoms with Crippen molar-refractivity contribution in [2.75, 3.05) is 13.2 Å². The van der Waals surface area contributed by atoms with Crippen molar-refractivity contribution in [1.29, 1.82) is 0 Å². The van der Waals surface area contributed by atoms with Gasteiger partial charge in [0, 0.05) is 6.61 Å². The van der Waals surface area contributed by atoms with E-state index in [9.17, 15) is 0 Å². The maximum Gasteiger partial charge on any atom is 0.157 e. The average Bonchev–Trinajstić information content (AvgIpc) is 2.33. The Hall–Kier alpha value is -1.06. The molecule has 0 radical (unpaired) electrons. The van der Waals surface area contributed by atoms with Crippen molar-refractivity contribution in [3.63, 3.8) is 0 Å². The fraction of sp³-hybridized carbons (Fsp3) is 0.538. The van der Waals surface area contributed by atoms with Gasteiger partial charge in [0.25, 0.3) is 0 Å². The lowest BCUT2D eigenvalue weighted by Gasteiger charge is -2.22. The van der Waals surface area contributed by atoms with Gasteiger partial charge in [-0.25, -0.2) is 0 Å². The van der Waals surface area contributed by atoms with Crippen molar-refractivity contribution < 1.29 is 14.6 Å². The number of aromatic hydroxyl groups is 1. The smallest absolute Gasteiger partial charge is 0.157 e. The third-order valence-corrected chi connectivity index (χ3v) is 2.77. The molecule has 1 saturated heterocycles. The van der Waals surface area contributed by atoms with E-state index < -0.39 is 0 Å².